The Hall–Kier alpha value is -1.95. The molecule has 0 radical (unpaired) electrons. The lowest BCUT2D eigenvalue weighted by Crippen LogP contribution is -2.41. The molecule has 2 rings (SSSR count). The lowest BCUT2D eigenvalue weighted by atomic mass is 10.1. The van der Waals surface area contributed by atoms with E-state index in [1.54, 1.807) is 19.2 Å². The van der Waals surface area contributed by atoms with Crippen molar-refractivity contribution in [2.24, 2.45) is 0 Å². The normalized spacial score (nSPS) is 18.5. The number of hydrogen-bond donors (Lipinski definition) is 2. The molecule has 6 nitrogen and oxygen atoms in total. The summed E-state index contributed by atoms with van der Waals surface area (Å²) in [4.78, 5) is 14.0. The summed E-state index contributed by atoms with van der Waals surface area (Å²) in [7, 11) is 4.66. The van der Waals surface area contributed by atoms with Crippen LogP contribution >= 0.6 is 0 Å². The zero-order valence-corrected chi connectivity index (χ0v) is 12.7. The maximum Gasteiger partial charge on any atom is 0.237 e. The maximum atomic E-state index is 11.9. The van der Waals surface area contributed by atoms with Crippen LogP contribution in [-0.4, -0.2) is 49.8 Å². The molecule has 116 valence electrons. The van der Waals surface area contributed by atoms with E-state index in [1.165, 1.54) is 14.2 Å². The van der Waals surface area contributed by atoms with E-state index in [-0.39, 0.29) is 17.7 Å². The molecule has 6 heteroatoms. The van der Waals surface area contributed by atoms with Gasteiger partial charge in [0.1, 0.15) is 0 Å². The molecule has 0 saturated carbocycles. The standard InChI is InChI=1S/C15H22N2O4/c1-16-15(19)11-5-4-6-17(11)9-10-7-12(20-2)14(18)13(8-10)21-3/h7-8,11,18H,4-6,9H2,1-3H3,(H,16,19). The van der Waals surface area contributed by atoms with Crippen LogP contribution in [0.25, 0.3) is 0 Å². The first kappa shape index (κ1) is 15.4. The Morgan fingerprint density at radius 1 is 1.38 bits per heavy atom. The molecular formula is C15H22N2O4. The quantitative estimate of drug-likeness (QED) is 0.851. The lowest BCUT2D eigenvalue weighted by molar-refractivity contribution is -0.125. The Bertz CT molecular complexity index is 493. The number of hydrogen-bond acceptors (Lipinski definition) is 5. The van der Waals surface area contributed by atoms with E-state index >= 15 is 0 Å². The molecule has 0 bridgehead atoms. The number of methoxy groups -OCH3 is 2. The lowest BCUT2D eigenvalue weighted by Gasteiger charge is -2.23. The fourth-order valence-corrected chi connectivity index (χ4v) is 2.75. The van der Waals surface area contributed by atoms with Gasteiger partial charge >= 0.3 is 0 Å². The molecule has 1 heterocycles. The van der Waals surface area contributed by atoms with Crippen molar-refractivity contribution >= 4 is 5.91 Å². The van der Waals surface area contributed by atoms with E-state index in [4.69, 9.17) is 9.47 Å². The second kappa shape index (κ2) is 6.67. The van der Waals surface area contributed by atoms with E-state index in [0.717, 1.165) is 24.9 Å². The van der Waals surface area contributed by atoms with Crippen LogP contribution in [0.3, 0.4) is 0 Å². The first-order valence-corrected chi connectivity index (χ1v) is 7.00. The highest BCUT2D eigenvalue weighted by atomic mass is 16.5. The van der Waals surface area contributed by atoms with Gasteiger partial charge in [-0.05, 0) is 37.1 Å². The van der Waals surface area contributed by atoms with Crippen molar-refractivity contribution in [1.82, 2.24) is 10.2 Å². The topological polar surface area (TPSA) is 71.0 Å². The van der Waals surface area contributed by atoms with Gasteiger partial charge < -0.3 is 19.9 Å². The maximum absolute atomic E-state index is 11.9. The minimum Gasteiger partial charge on any atom is -0.502 e. The molecule has 0 aromatic heterocycles. The van der Waals surface area contributed by atoms with E-state index < -0.39 is 0 Å². The third-order valence-electron chi connectivity index (χ3n) is 3.84. The minimum atomic E-state index is -0.0965. The number of likely N-dealkylation sites (N-methyl/N-ethyl adjacent to an activating group) is 1. The van der Waals surface area contributed by atoms with Gasteiger partial charge in [-0.15, -0.1) is 0 Å². The van der Waals surface area contributed by atoms with Crippen LogP contribution in [0.5, 0.6) is 17.2 Å². The Morgan fingerprint density at radius 3 is 2.52 bits per heavy atom. The summed E-state index contributed by atoms with van der Waals surface area (Å²) in [5, 5.41) is 12.6. The fourth-order valence-electron chi connectivity index (χ4n) is 2.75. The second-order valence-electron chi connectivity index (χ2n) is 5.09. The van der Waals surface area contributed by atoms with Crippen molar-refractivity contribution in [2.75, 3.05) is 27.8 Å². The molecule has 2 N–H and O–H groups in total. The molecule has 1 aliphatic rings. The number of benzene rings is 1. The first-order valence-electron chi connectivity index (χ1n) is 7.00. The Balaban J connectivity index is 2.21. The predicted octanol–water partition coefficient (Wildman–Crippen LogP) is 1.12. The summed E-state index contributed by atoms with van der Waals surface area (Å²) in [5.41, 5.74) is 0.942. The third kappa shape index (κ3) is 3.21. The van der Waals surface area contributed by atoms with Crippen LogP contribution < -0.4 is 14.8 Å². The monoisotopic (exact) mass is 294 g/mol. The van der Waals surface area contributed by atoms with E-state index in [1.807, 2.05) is 0 Å². The first-order chi connectivity index (χ1) is 10.1. The molecule has 21 heavy (non-hydrogen) atoms. The number of amides is 1. The number of carbonyl (C=O) groups is 1. The molecule has 0 aliphatic carbocycles. The molecule has 1 amide bonds. The Labute approximate surface area is 124 Å². The number of aromatic hydroxyl groups is 1. The highest BCUT2D eigenvalue weighted by Crippen LogP contribution is 2.37. The van der Waals surface area contributed by atoms with Gasteiger partial charge in [0.05, 0.1) is 20.3 Å². The van der Waals surface area contributed by atoms with Crippen molar-refractivity contribution in [1.29, 1.82) is 0 Å². The molecular weight excluding hydrogens is 272 g/mol. The van der Waals surface area contributed by atoms with Crippen LogP contribution in [0.15, 0.2) is 12.1 Å². The summed E-state index contributed by atoms with van der Waals surface area (Å²) < 4.78 is 10.3. The van der Waals surface area contributed by atoms with Gasteiger partial charge in [-0.1, -0.05) is 0 Å². The summed E-state index contributed by atoms with van der Waals surface area (Å²) >= 11 is 0. The van der Waals surface area contributed by atoms with Crippen molar-refractivity contribution < 1.29 is 19.4 Å². The molecule has 1 unspecified atom stereocenters. The number of nitrogens with zero attached hydrogens (tertiary/aromatic N) is 1. The molecule has 1 saturated heterocycles. The number of nitrogens with one attached hydrogen (secondary N) is 1. The van der Waals surface area contributed by atoms with Crippen molar-refractivity contribution in [2.45, 2.75) is 25.4 Å². The van der Waals surface area contributed by atoms with E-state index in [9.17, 15) is 9.90 Å². The van der Waals surface area contributed by atoms with Crippen LogP contribution in [-0.2, 0) is 11.3 Å². The summed E-state index contributed by atoms with van der Waals surface area (Å²) in [6.07, 6.45) is 1.87. The third-order valence-corrected chi connectivity index (χ3v) is 3.84. The molecule has 1 aromatic rings. The molecule has 1 fully saturated rings. The van der Waals surface area contributed by atoms with Gasteiger partial charge in [-0.2, -0.15) is 0 Å². The van der Waals surface area contributed by atoms with Crippen molar-refractivity contribution in [3.8, 4) is 17.2 Å². The highest BCUT2D eigenvalue weighted by molar-refractivity contribution is 5.81. The number of phenolic OH excluding ortho intramolecular Hbond substituents is 1. The number of rotatable bonds is 5. The largest absolute Gasteiger partial charge is 0.502 e. The number of carbonyl (C=O) groups excluding carboxylic acids is 1. The average molecular weight is 294 g/mol. The van der Waals surface area contributed by atoms with Gasteiger partial charge in [-0.3, -0.25) is 9.69 Å². The highest BCUT2D eigenvalue weighted by Gasteiger charge is 2.30. The summed E-state index contributed by atoms with van der Waals surface area (Å²) in [6, 6.07) is 3.45. The summed E-state index contributed by atoms with van der Waals surface area (Å²) in [5.74, 6) is 0.790. The minimum absolute atomic E-state index is 0.00646. The molecule has 1 aromatic carbocycles. The molecule has 0 spiro atoms. The van der Waals surface area contributed by atoms with Crippen LogP contribution in [0.4, 0.5) is 0 Å². The van der Waals surface area contributed by atoms with Crippen molar-refractivity contribution in [3.05, 3.63) is 17.7 Å². The van der Waals surface area contributed by atoms with Gasteiger partial charge in [-0.25, -0.2) is 0 Å². The summed E-state index contributed by atoms with van der Waals surface area (Å²) in [6.45, 7) is 1.49. The smallest absolute Gasteiger partial charge is 0.237 e. The zero-order valence-electron chi connectivity index (χ0n) is 12.7. The zero-order chi connectivity index (χ0) is 15.4. The predicted molar refractivity (Wildman–Crippen MR) is 78.7 cm³/mol. The van der Waals surface area contributed by atoms with Crippen molar-refractivity contribution in [3.63, 3.8) is 0 Å². The van der Waals surface area contributed by atoms with E-state index in [0.29, 0.717) is 18.0 Å². The number of ether oxygens (including phenoxy) is 2. The Morgan fingerprint density at radius 2 is 2.00 bits per heavy atom. The van der Waals surface area contributed by atoms with E-state index in [2.05, 4.69) is 10.2 Å². The van der Waals surface area contributed by atoms with Gasteiger partial charge in [0, 0.05) is 13.6 Å². The van der Waals surface area contributed by atoms with Gasteiger partial charge in [0.25, 0.3) is 0 Å². The fraction of sp³-hybridized carbons (Fsp3) is 0.533. The van der Waals surface area contributed by atoms with Gasteiger partial charge in [0.15, 0.2) is 11.5 Å². The average Bonchev–Trinajstić information content (AvgIpc) is 2.96. The SMILES string of the molecule is CNC(=O)C1CCCN1Cc1cc(OC)c(O)c(OC)c1. The van der Waals surface area contributed by atoms with Crippen LogP contribution in [0.2, 0.25) is 0 Å². The molecule has 1 atom stereocenters. The second-order valence-corrected chi connectivity index (χ2v) is 5.09. The molecule has 1 aliphatic heterocycles. The van der Waals surface area contributed by atoms with Crippen LogP contribution in [0, 0.1) is 0 Å². The number of likely N-dealkylation sites (tertiary alicyclic amines) is 1. The van der Waals surface area contributed by atoms with Crippen LogP contribution in [0.1, 0.15) is 18.4 Å². The Kier molecular flexibility index (Phi) is 4.90. The number of phenols is 1. The van der Waals surface area contributed by atoms with Gasteiger partial charge in [0.2, 0.25) is 11.7 Å².